The van der Waals surface area contributed by atoms with Crippen LogP contribution in [0.5, 0.6) is 0 Å². The topological polar surface area (TPSA) is 39.7 Å². The highest BCUT2D eigenvalue weighted by Crippen LogP contribution is 1.99. The van der Waals surface area contributed by atoms with Gasteiger partial charge in [-0.25, -0.2) is 0 Å². The molecule has 0 fully saturated rings. The van der Waals surface area contributed by atoms with Crippen LogP contribution < -0.4 is 10.6 Å². The lowest BCUT2D eigenvalue weighted by Crippen LogP contribution is -2.31. The molecule has 4 nitrogen and oxygen atoms in total. The van der Waals surface area contributed by atoms with Crippen molar-refractivity contribution >= 4 is 5.84 Å². The summed E-state index contributed by atoms with van der Waals surface area (Å²) < 4.78 is 0. The number of rotatable bonds is 18. The van der Waals surface area contributed by atoms with Gasteiger partial charge >= 0.3 is 0 Å². The van der Waals surface area contributed by atoms with E-state index in [1.54, 1.807) is 0 Å². The number of terminal acetylenes is 1. The van der Waals surface area contributed by atoms with Crippen LogP contribution in [0.15, 0.2) is 65.2 Å². The van der Waals surface area contributed by atoms with Gasteiger partial charge in [-0.2, -0.15) is 0 Å². The second-order valence-electron chi connectivity index (χ2n) is 8.48. The molecule has 192 valence electrons. The molecule has 0 aliphatic rings. The highest BCUT2D eigenvalue weighted by atomic mass is 15.2. The van der Waals surface area contributed by atoms with E-state index >= 15 is 0 Å². The van der Waals surface area contributed by atoms with Crippen LogP contribution >= 0.6 is 0 Å². The summed E-state index contributed by atoms with van der Waals surface area (Å²) in [6, 6.07) is 0. The number of hydrogen-bond acceptors (Lipinski definition) is 3. The molecule has 0 aliphatic heterocycles. The van der Waals surface area contributed by atoms with Gasteiger partial charge in [-0.3, -0.25) is 4.99 Å². The summed E-state index contributed by atoms with van der Waals surface area (Å²) in [5.41, 5.74) is 1.31. The molecule has 1 atom stereocenters. The van der Waals surface area contributed by atoms with E-state index in [1.165, 1.54) is 18.4 Å². The number of nitrogens with zero attached hydrogens (tertiary/aromatic N) is 2. The molecule has 0 radical (unpaired) electrons. The molecule has 34 heavy (non-hydrogen) atoms. The zero-order valence-corrected chi connectivity index (χ0v) is 22.9. The first kappa shape index (κ1) is 33.8. The van der Waals surface area contributed by atoms with E-state index in [0.29, 0.717) is 5.92 Å². The maximum Gasteiger partial charge on any atom is 0.0960 e. The van der Waals surface area contributed by atoms with Gasteiger partial charge in [0, 0.05) is 26.2 Å². The Kier molecular flexibility index (Phi) is 26.8. The smallest absolute Gasteiger partial charge is 0.0960 e. The fraction of sp³-hybridized carbons (Fsp3) is 0.567. The van der Waals surface area contributed by atoms with Gasteiger partial charge in [0.05, 0.1) is 12.4 Å². The van der Waals surface area contributed by atoms with Crippen molar-refractivity contribution in [1.82, 2.24) is 15.5 Å². The second-order valence-corrected chi connectivity index (χ2v) is 8.48. The van der Waals surface area contributed by atoms with E-state index in [9.17, 15) is 0 Å². The number of unbranched alkanes of at least 4 members (excludes halogenated alkanes) is 1. The van der Waals surface area contributed by atoms with Crippen LogP contribution in [-0.2, 0) is 0 Å². The number of hydrogen-bond donors (Lipinski definition) is 2. The standard InChI is InChI=1S/C28H50N4.C2H2/c1-7-9-13-18-27(5)25-30-20-16-19-29-21-22-31-28(6)32(23-10-8-2)24-15-12-11-14-17-26(3)4;1-2/h7,9,11-15,17-18,27,29-30H,8,10,16,19-25H2,1-6H3;1-2H/b9-7-,14-11-,15-12+,18-13-,31-28?;. The maximum atomic E-state index is 4.80. The lowest BCUT2D eigenvalue weighted by molar-refractivity contribution is 0.442. The van der Waals surface area contributed by atoms with Gasteiger partial charge in [-0.1, -0.05) is 80.5 Å². The molecule has 0 aromatic rings. The minimum atomic E-state index is 0.565. The van der Waals surface area contributed by atoms with Crippen molar-refractivity contribution in [3.63, 3.8) is 0 Å². The minimum absolute atomic E-state index is 0.565. The van der Waals surface area contributed by atoms with Crippen LogP contribution in [-0.4, -0.2) is 56.5 Å². The van der Waals surface area contributed by atoms with Crippen LogP contribution in [0.1, 0.15) is 60.8 Å². The quantitative estimate of drug-likeness (QED) is 0.0830. The average molecular weight is 469 g/mol. The molecule has 0 aromatic heterocycles. The van der Waals surface area contributed by atoms with Crippen molar-refractivity contribution in [1.29, 1.82) is 0 Å². The van der Waals surface area contributed by atoms with Gasteiger partial charge in [0.25, 0.3) is 0 Å². The predicted molar refractivity (Wildman–Crippen MR) is 156 cm³/mol. The molecule has 0 saturated heterocycles. The third-order valence-corrected chi connectivity index (χ3v) is 4.90. The SMILES string of the molecule is C#C.C/C=C\C=C/C(C)CNCCCNCCN=C(C)N(C/C=C/C=C\C=C(C)C)CCCC. The van der Waals surface area contributed by atoms with Crippen molar-refractivity contribution in [2.45, 2.75) is 60.8 Å². The van der Waals surface area contributed by atoms with Crippen molar-refractivity contribution in [3.05, 3.63) is 60.3 Å². The number of amidine groups is 1. The van der Waals surface area contributed by atoms with E-state index < -0.39 is 0 Å². The molecule has 0 rings (SSSR count). The molecule has 0 saturated carbocycles. The summed E-state index contributed by atoms with van der Waals surface area (Å²) in [5.74, 6) is 1.70. The first-order chi connectivity index (χ1) is 16.5. The van der Waals surface area contributed by atoms with Crippen LogP contribution in [0.25, 0.3) is 0 Å². The van der Waals surface area contributed by atoms with Crippen molar-refractivity contribution in [2.24, 2.45) is 10.9 Å². The fourth-order valence-electron chi connectivity index (χ4n) is 2.94. The first-order valence-electron chi connectivity index (χ1n) is 12.8. The molecular formula is C30H52N4. The highest BCUT2D eigenvalue weighted by molar-refractivity contribution is 5.79. The lowest BCUT2D eigenvalue weighted by Gasteiger charge is -2.22. The van der Waals surface area contributed by atoms with Gasteiger partial charge in [0.1, 0.15) is 0 Å². The zero-order valence-electron chi connectivity index (χ0n) is 22.9. The summed E-state index contributed by atoms with van der Waals surface area (Å²) >= 11 is 0. The second kappa shape index (κ2) is 26.9. The Morgan fingerprint density at radius 3 is 2.35 bits per heavy atom. The third-order valence-electron chi connectivity index (χ3n) is 4.90. The van der Waals surface area contributed by atoms with E-state index in [2.05, 4.69) is 118 Å². The summed E-state index contributed by atoms with van der Waals surface area (Å²) in [6.45, 7) is 19.7. The molecule has 4 heteroatoms. The van der Waals surface area contributed by atoms with E-state index in [-0.39, 0.29) is 0 Å². The zero-order chi connectivity index (χ0) is 25.9. The third kappa shape index (κ3) is 24.3. The highest BCUT2D eigenvalue weighted by Gasteiger charge is 2.04. The van der Waals surface area contributed by atoms with Crippen molar-refractivity contribution in [3.8, 4) is 12.8 Å². The predicted octanol–water partition coefficient (Wildman–Crippen LogP) is 6.17. The number of nitrogens with one attached hydrogen (secondary N) is 2. The Hall–Kier alpha value is -2.35. The molecule has 0 aromatic carbocycles. The van der Waals surface area contributed by atoms with Crippen LogP contribution in [0.4, 0.5) is 0 Å². The fourth-order valence-corrected chi connectivity index (χ4v) is 2.94. The van der Waals surface area contributed by atoms with Crippen LogP contribution in [0.2, 0.25) is 0 Å². The van der Waals surface area contributed by atoms with Gasteiger partial charge in [0.15, 0.2) is 0 Å². The summed E-state index contributed by atoms with van der Waals surface area (Å²) in [5, 5.41) is 7.04. The molecule has 0 bridgehead atoms. The van der Waals surface area contributed by atoms with Crippen molar-refractivity contribution in [2.75, 3.05) is 45.8 Å². The minimum Gasteiger partial charge on any atom is -0.357 e. The largest absolute Gasteiger partial charge is 0.357 e. The van der Waals surface area contributed by atoms with Crippen molar-refractivity contribution < 1.29 is 0 Å². The molecule has 0 aliphatic carbocycles. The summed E-state index contributed by atoms with van der Waals surface area (Å²) in [4.78, 5) is 7.18. The van der Waals surface area contributed by atoms with Gasteiger partial charge in [-0.05, 0) is 59.5 Å². The van der Waals surface area contributed by atoms with Crippen LogP contribution in [0, 0.1) is 18.8 Å². The molecular weight excluding hydrogens is 416 g/mol. The Labute approximate surface area is 212 Å². The Bertz CT molecular complexity index is 646. The average Bonchev–Trinajstić information content (AvgIpc) is 2.83. The Morgan fingerprint density at radius 2 is 1.68 bits per heavy atom. The van der Waals surface area contributed by atoms with E-state index in [0.717, 1.165) is 58.1 Å². The lowest BCUT2D eigenvalue weighted by atomic mass is 10.1. The number of aliphatic imine (C=N–C) groups is 1. The van der Waals surface area contributed by atoms with E-state index in [4.69, 9.17) is 4.99 Å². The molecule has 0 amide bonds. The van der Waals surface area contributed by atoms with Gasteiger partial charge in [-0.15, -0.1) is 12.8 Å². The Morgan fingerprint density at radius 1 is 0.941 bits per heavy atom. The van der Waals surface area contributed by atoms with Gasteiger partial charge in [0.2, 0.25) is 0 Å². The van der Waals surface area contributed by atoms with Gasteiger partial charge < -0.3 is 15.5 Å². The molecule has 0 heterocycles. The van der Waals surface area contributed by atoms with Crippen LogP contribution in [0.3, 0.4) is 0 Å². The first-order valence-corrected chi connectivity index (χ1v) is 12.8. The summed E-state index contributed by atoms with van der Waals surface area (Å²) in [6.07, 6.45) is 30.7. The Balaban J connectivity index is 0. The summed E-state index contributed by atoms with van der Waals surface area (Å²) in [7, 11) is 0. The monoisotopic (exact) mass is 468 g/mol. The normalized spacial score (nSPS) is 13.0. The number of allylic oxidation sites excluding steroid dienone is 8. The van der Waals surface area contributed by atoms with E-state index in [1.807, 2.05) is 6.92 Å². The maximum absolute atomic E-state index is 4.80. The molecule has 2 N–H and O–H groups in total. The molecule has 1 unspecified atom stereocenters. The molecule has 0 spiro atoms.